The number of benzene rings is 1. The summed E-state index contributed by atoms with van der Waals surface area (Å²) < 4.78 is 21.8. The summed E-state index contributed by atoms with van der Waals surface area (Å²) in [6, 6.07) is 5.28. The molecule has 0 radical (unpaired) electrons. The minimum Gasteiger partial charge on any atom is -0.481 e. The van der Waals surface area contributed by atoms with Crippen molar-refractivity contribution in [3.63, 3.8) is 0 Å². The first-order chi connectivity index (χ1) is 11.0. The Morgan fingerprint density at radius 1 is 1.30 bits per heavy atom. The molecule has 0 fully saturated rings. The molecule has 9 heteroatoms. The number of halogens is 1. The summed E-state index contributed by atoms with van der Waals surface area (Å²) in [5.74, 6) is -1.08. The second-order valence-electron chi connectivity index (χ2n) is 4.56. The van der Waals surface area contributed by atoms with Crippen molar-refractivity contribution in [2.75, 3.05) is 0 Å². The van der Waals surface area contributed by atoms with Crippen molar-refractivity contribution in [1.82, 2.24) is 20.4 Å². The summed E-state index contributed by atoms with van der Waals surface area (Å²) in [4.78, 5) is 24.2. The molecule has 23 heavy (non-hydrogen) atoms. The fourth-order valence-corrected chi connectivity index (χ4v) is 2.31. The highest BCUT2D eigenvalue weighted by Crippen LogP contribution is 2.13. The summed E-state index contributed by atoms with van der Waals surface area (Å²) in [7, 11) is 0. The van der Waals surface area contributed by atoms with E-state index in [0.717, 1.165) is 11.5 Å². The number of hydrogen-bond donors (Lipinski definition) is 2. The summed E-state index contributed by atoms with van der Waals surface area (Å²) in [5.41, 5.74) is 5.12. The van der Waals surface area contributed by atoms with Crippen LogP contribution in [-0.4, -0.2) is 27.5 Å². The van der Waals surface area contributed by atoms with Crippen LogP contribution in [0, 0.1) is 5.82 Å². The van der Waals surface area contributed by atoms with Crippen LogP contribution >= 0.6 is 11.5 Å². The molecule has 2 aromatic rings. The number of nitrogens with zero attached hydrogens (tertiary/aromatic N) is 2. The van der Waals surface area contributed by atoms with Gasteiger partial charge in [0.05, 0.1) is 5.69 Å². The summed E-state index contributed by atoms with van der Waals surface area (Å²) in [6.07, 6.45) is -0.303. The fourth-order valence-electron chi connectivity index (χ4n) is 1.66. The van der Waals surface area contributed by atoms with Crippen molar-refractivity contribution >= 4 is 23.3 Å². The third-order valence-electron chi connectivity index (χ3n) is 2.89. The maximum absolute atomic E-state index is 12.8. The SMILES string of the molecule is CCc1nnsc1C(=O)NNC(=O)[C@@H](C)Oc1ccc(F)cc1. The van der Waals surface area contributed by atoms with Gasteiger partial charge in [-0.3, -0.25) is 20.4 Å². The van der Waals surface area contributed by atoms with Gasteiger partial charge in [-0.2, -0.15) is 0 Å². The Kier molecular flexibility index (Phi) is 5.58. The molecule has 0 spiro atoms. The predicted octanol–water partition coefficient (Wildman–Crippen LogP) is 1.47. The Bertz CT molecular complexity index is 690. The fraction of sp³-hybridized carbons (Fsp3) is 0.286. The van der Waals surface area contributed by atoms with Crippen LogP contribution in [0.2, 0.25) is 0 Å². The molecular formula is C14H15FN4O3S. The molecule has 0 aliphatic rings. The maximum atomic E-state index is 12.8. The molecule has 2 N–H and O–H groups in total. The lowest BCUT2D eigenvalue weighted by Crippen LogP contribution is -2.47. The zero-order chi connectivity index (χ0) is 16.8. The quantitative estimate of drug-likeness (QED) is 0.805. The van der Waals surface area contributed by atoms with Gasteiger partial charge in [0.1, 0.15) is 16.4 Å². The van der Waals surface area contributed by atoms with Gasteiger partial charge in [-0.1, -0.05) is 11.4 Å². The number of hydrogen-bond acceptors (Lipinski definition) is 6. The van der Waals surface area contributed by atoms with Crippen LogP contribution in [0.25, 0.3) is 0 Å². The van der Waals surface area contributed by atoms with Crippen molar-refractivity contribution in [3.8, 4) is 5.75 Å². The summed E-state index contributed by atoms with van der Waals surface area (Å²) in [5, 5.41) is 3.82. The molecule has 1 aromatic carbocycles. The number of aryl methyl sites for hydroxylation is 1. The van der Waals surface area contributed by atoms with E-state index < -0.39 is 23.7 Å². The van der Waals surface area contributed by atoms with Crippen LogP contribution in [-0.2, 0) is 11.2 Å². The normalized spacial score (nSPS) is 11.6. The van der Waals surface area contributed by atoms with Crippen LogP contribution in [0.5, 0.6) is 5.75 Å². The smallest absolute Gasteiger partial charge is 0.283 e. The van der Waals surface area contributed by atoms with Gasteiger partial charge in [0.25, 0.3) is 11.8 Å². The molecule has 0 aliphatic carbocycles. The first-order valence-corrected chi connectivity index (χ1v) is 7.62. The van der Waals surface area contributed by atoms with E-state index in [1.54, 1.807) is 0 Å². The Labute approximate surface area is 136 Å². The number of carbonyl (C=O) groups excluding carboxylic acids is 2. The molecule has 122 valence electrons. The molecular weight excluding hydrogens is 323 g/mol. The maximum Gasteiger partial charge on any atom is 0.283 e. The predicted molar refractivity (Wildman–Crippen MR) is 81.4 cm³/mol. The number of aromatic nitrogens is 2. The van der Waals surface area contributed by atoms with E-state index in [-0.39, 0.29) is 0 Å². The Balaban J connectivity index is 1.86. The van der Waals surface area contributed by atoms with Gasteiger partial charge in [-0.25, -0.2) is 4.39 Å². The average Bonchev–Trinajstić information content (AvgIpc) is 3.03. The molecule has 2 amide bonds. The number of amides is 2. The monoisotopic (exact) mass is 338 g/mol. The van der Waals surface area contributed by atoms with Gasteiger partial charge in [-0.15, -0.1) is 5.10 Å². The van der Waals surface area contributed by atoms with E-state index in [1.165, 1.54) is 31.2 Å². The van der Waals surface area contributed by atoms with Crippen LogP contribution in [0.15, 0.2) is 24.3 Å². The second-order valence-corrected chi connectivity index (χ2v) is 5.31. The minimum atomic E-state index is -0.869. The van der Waals surface area contributed by atoms with Gasteiger partial charge in [0.2, 0.25) is 0 Å². The molecule has 1 aromatic heterocycles. The molecule has 0 bridgehead atoms. The highest BCUT2D eigenvalue weighted by atomic mass is 32.1. The molecule has 1 heterocycles. The lowest BCUT2D eigenvalue weighted by Gasteiger charge is -2.14. The molecule has 1 atom stereocenters. The summed E-state index contributed by atoms with van der Waals surface area (Å²) in [6.45, 7) is 3.36. The van der Waals surface area contributed by atoms with Crippen LogP contribution < -0.4 is 15.6 Å². The van der Waals surface area contributed by atoms with Crippen molar-refractivity contribution < 1.29 is 18.7 Å². The highest BCUT2D eigenvalue weighted by molar-refractivity contribution is 7.08. The third-order valence-corrected chi connectivity index (χ3v) is 3.66. The zero-order valence-electron chi connectivity index (χ0n) is 12.5. The largest absolute Gasteiger partial charge is 0.481 e. The number of rotatable bonds is 5. The van der Waals surface area contributed by atoms with E-state index in [0.29, 0.717) is 22.7 Å². The van der Waals surface area contributed by atoms with Gasteiger partial charge in [0.15, 0.2) is 6.10 Å². The number of carbonyl (C=O) groups is 2. The van der Waals surface area contributed by atoms with Crippen molar-refractivity contribution in [3.05, 3.63) is 40.7 Å². The van der Waals surface area contributed by atoms with Gasteiger partial charge >= 0.3 is 0 Å². The Hall–Kier alpha value is -2.55. The van der Waals surface area contributed by atoms with Crippen LogP contribution in [0.3, 0.4) is 0 Å². The Morgan fingerprint density at radius 2 is 2.00 bits per heavy atom. The van der Waals surface area contributed by atoms with Crippen molar-refractivity contribution in [2.24, 2.45) is 0 Å². The molecule has 0 aliphatic heterocycles. The molecule has 0 saturated carbocycles. The topological polar surface area (TPSA) is 93.2 Å². The molecule has 2 rings (SSSR count). The van der Waals surface area contributed by atoms with Crippen LogP contribution in [0.4, 0.5) is 4.39 Å². The second kappa shape index (κ2) is 7.63. The summed E-state index contributed by atoms with van der Waals surface area (Å²) >= 11 is 0.955. The van der Waals surface area contributed by atoms with E-state index >= 15 is 0 Å². The van der Waals surface area contributed by atoms with Crippen molar-refractivity contribution in [1.29, 1.82) is 0 Å². The third kappa shape index (κ3) is 4.46. The van der Waals surface area contributed by atoms with Crippen LogP contribution in [0.1, 0.15) is 29.2 Å². The van der Waals surface area contributed by atoms with Gasteiger partial charge in [-0.05, 0) is 49.1 Å². The average molecular weight is 338 g/mol. The minimum absolute atomic E-state index is 0.347. The van der Waals surface area contributed by atoms with E-state index in [4.69, 9.17) is 4.74 Å². The standard InChI is InChI=1S/C14H15FN4O3S/c1-3-11-12(23-19-16-11)14(21)18-17-13(20)8(2)22-10-6-4-9(15)5-7-10/h4-8H,3H2,1-2H3,(H,17,20)(H,18,21)/t8-/m1/s1. The lowest BCUT2D eigenvalue weighted by molar-refractivity contribution is -0.128. The molecule has 0 saturated heterocycles. The number of nitrogens with one attached hydrogen (secondary N) is 2. The molecule has 0 unspecified atom stereocenters. The molecule has 7 nitrogen and oxygen atoms in total. The van der Waals surface area contributed by atoms with Gasteiger partial charge in [0, 0.05) is 0 Å². The van der Waals surface area contributed by atoms with Gasteiger partial charge < -0.3 is 4.74 Å². The highest BCUT2D eigenvalue weighted by Gasteiger charge is 2.18. The Morgan fingerprint density at radius 3 is 2.65 bits per heavy atom. The first-order valence-electron chi connectivity index (χ1n) is 6.85. The first kappa shape index (κ1) is 16.8. The van der Waals surface area contributed by atoms with Crippen molar-refractivity contribution in [2.45, 2.75) is 26.4 Å². The van der Waals surface area contributed by atoms with E-state index in [1.807, 2.05) is 6.92 Å². The van der Waals surface area contributed by atoms with E-state index in [9.17, 15) is 14.0 Å². The zero-order valence-corrected chi connectivity index (χ0v) is 13.3. The lowest BCUT2D eigenvalue weighted by atomic mass is 10.3. The van der Waals surface area contributed by atoms with E-state index in [2.05, 4.69) is 20.4 Å². The number of hydrazine groups is 1. The number of ether oxygens (including phenoxy) is 1.